The van der Waals surface area contributed by atoms with Crippen LogP contribution in [0.2, 0.25) is 19.6 Å². The van der Waals surface area contributed by atoms with Gasteiger partial charge in [0.25, 0.3) is 0 Å². The predicted molar refractivity (Wildman–Crippen MR) is 99.6 cm³/mol. The van der Waals surface area contributed by atoms with Gasteiger partial charge in [-0.1, -0.05) is 33.3 Å². The van der Waals surface area contributed by atoms with Gasteiger partial charge in [0, 0.05) is 30.5 Å². The summed E-state index contributed by atoms with van der Waals surface area (Å²) in [6.07, 6.45) is 1.62. The van der Waals surface area contributed by atoms with Crippen molar-refractivity contribution in [3.8, 4) is 11.3 Å². The first-order chi connectivity index (χ1) is 14.5. The molecule has 2 rings (SSSR count). The minimum absolute atomic E-state index is 0.145. The second-order valence-corrected chi connectivity index (χ2v) is 11.9. The third kappa shape index (κ3) is 3.55. The molecule has 1 aromatic carbocycles. The summed E-state index contributed by atoms with van der Waals surface area (Å²) in [5.74, 6) is -3.81. The molecule has 0 atom stereocenters. The molecule has 1 heterocycles. The lowest BCUT2D eigenvalue weighted by atomic mass is 9.97. The minimum Gasteiger partial charge on any atom is -0.207 e. The van der Waals surface area contributed by atoms with Crippen LogP contribution in [0.5, 0.6) is 0 Å². The maximum atomic E-state index is 14.4. The van der Waals surface area contributed by atoms with Crippen molar-refractivity contribution < 1.29 is 22.7 Å². The van der Waals surface area contributed by atoms with Crippen molar-refractivity contribution in [2.45, 2.75) is 53.0 Å². The summed E-state index contributed by atoms with van der Waals surface area (Å²) in [6, 6.07) is 3.62. The topological polar surface area (TPSA) is 3.88 Å². The van der Waals surface area contributed by atoms with Gasteiger partial charge in [-0.05, 0) is 48.5 Å². The third-order valence-electron chi connectivity index (χ3n) is 3.94. The van der Waals surface area contributed by atoms with Gasteiger partial charge in [-0.25, -0.2) is 8.96 Å². The highest BCUT2D eigenvalue weighted by molar-refractivity contribution is 6.89. The molecule has 0 radical (unpaired) electrons. The number of rotatable bonds is 3. The molecule has 0 aliphatic rings. The molecule has 1 aromatic heterocycles. The second kappa shape index (κ2) is 6.20. The minimum atomic E-state index is -3.18. The van der Waals surface area contributed by atoms with Crippen LogP contribution in [0.4, 0.5) is 4.39 Å². The molecular weight excluding hydrogens is 301 g/mol. The van der Waals surface area contributed by atoms with E-state index < -0.39 is 45.9 Å². The average Bonchev–Trinajstić information content (AvgIpc) is 2.57. The molecule has 0 fully saturated rings. The number of benzene rings is 1. The third-order valence-corrected chi connectivity index (χ3v) is 5.96. The fraction of sp³-hybridized carbons (Fsp3) is 0.450. The number of aromatic nitrogens is 1. The molecule has 0 bridgehead atoms. The predicted octanol–water partition coefficient (Wildman–Crippen LogP) is 4.60. The van der Waals surface area contributed by atoms with Crippen LogP contribution >= 0.6 is 0 Å². The highest BCUT2D eigenvalue weighted by atomic mass is 28.3. The van der Waals surface area contributed by atoms with Crippen molar-refractivity contribution in [2.75, 3.05) is 0 Å². The van der Waals surface area contributed by atoms with Crippen molar-refractivity contribution in [1.29, 1.82) is 0 Å². The molecule has 0 N–H and O–H groups in total. The van der Waals surface area contributed by atoms with Crippen LogP contribution in [0.3, 0.4) is 0 Å². The Labute approximate surface area is 155 Å². The van der Waals surface area contributed by atoms with Crippen molar-refractivity contribution in [2.24, 2.45) is 7.05 Å². The van der Waals surface area contributed by atoms with E-state index >= 15 is 0 Å². The smallest absolute Gasteiger partial charge is 0.207 e. The molecule has 0 aliphatic carbocycles. The fourth-order valence-electron chi connectivity index (χ4n) is 2.67. The summed E-state index contributed by atoms with van der Waals surface area (Å²) in [7, 11) is -0.691. The van der Waals surface area contributed by atoms with Crippen LogP contribution in [0.15, 0.2) is 24.4 Å². The lowest BCUT2D eigenvalue weighted by Gasteiger charge is -2.22. The lowest BCUT2D eigenvalue weighted by molar-refractivity contribution is -0.659. The molecule has 3 heteroatoms. The van der Waals surface area contributed by atoms with E-state index in [-0.39, 0.29) is 5.56 Å². The van der Waals surface area contributed by atoms with E-state index in [9.17, 15) is 4.39 Å². The van der Waals surface area contributed by atoms with Gasteiger partial charge in [-0.15, -0.1) is 0 Å². The van der Waals surface area contributed by atoms with Gasteiger partial charge >= 0.3 is 0 Å². The number of hydrogen-bond donors (Lipinski definition) is 0. The summed E-state index contributed by atoms with van der Waals surface area (Å²) in [6.45, 7) is -1.74. The van der Waals surface area contributed by atoms with Gasteiger partial charge in [0.05, 0.1) is 8.07 Å². The van der Waals surface area contributed by atoms with Gasteiger partial charge in [-0.2, -0.15) is 0 Å². The Morgan fingerprint density at radius 3 is 2.43 bits per heavy atom. The normalized spacial score (nSPS) is 20.6. The van der Waals surface area contributed by atoms with Gasteiger partial charge in [0.2, 0.25) is 5.69 Å². The maximum Gasteiger partial charge on any atom is 0.212 e. The second-order valence-electron chi connectivity index (χ2n) is 6.87. The monoisotopic (exact) mass is 340 g/mol. The molecule has 0 amide bonds. The van der Waals surface area contributed by atoms with Crippen LogP contribution in [-0.2, 0) is 7.05 Å². The van der Waals surface area contributed by atoms with E-state index in [1.165, 1.54) is 12.1 Å². The van der Waals surface area contributed by atoms with E-state index in [4.69, 9.17) is 13.7 Å². The van der Waals surface area contributed by atoms with E-state index in [0.29, 0.717) is 22.0 Å². The SMILES string of the molecule is [2H]C([2H])([2H])c1cc(-c2cc(C([2H])(C([2H])([2H])[2H])C([2H])([2H])[2H])c([Si](C)(C)C)c[n+]2C)c(C)cc1F. The maximum absolute atomic E-state index is 14.4. The Morgan fingerprint density at radius 2 is 1.87 bits per heavy atom. The highest BCUT2D eigenvalue weighted by Crippen LogP contribution is 2.26. The summed E-state index contributed by atoms with van der Waals surface area (Å²) in [4.78, 5) is 0. The summed E-state index contributed by atoms with van der Waals surface area (Å²) in [5.41, 5.74) is 0.352. The lowest BCUT2D eigenvalue weighted by Crippen LogP contribution is -2.47. The first kappa shape index (κ1) is 8.57. The van der Waals surface area contributed by atoms with E-state index in [1.807, 2.05) is 19.6 Å². The van der Waals surface area contributed by atoms with E-state index in [0.717, 1.165) is 6.07 Å². The van der Waals surface area contributed by atoms with Crippen LogP contribution in [-0.4, -0.2) is 8.07 Å². The molecule has 0 aliphatic heterocycles. The van der Waals surface area contributed by atoms with Crippen LogP contribution in [0.1, 0.15) is 50.0 Å². The Bertz CT molecular complexity index is 1050. The van der Waals surface area contributed by atoms with Gasteiger partial charge in [0.15, 0.2) is 6.20 Å². The van der Waals surface area contributed by atoms with Crippen LogP contribution < -0.4 is 9.75 Å². The van der Waals surface area contributed by atoms with Crippen molar-refractivity contribution >= 4 is 13.3 Å². The van der Waals surface area contributed by atoms with Gasteiger partial charge < -0.3 is 0 Å². The van der Waals surface area contributed by atoms with Gasteiger partial charge in [0.1, 0.15) is 12.9 Å². The van der Waals surface area contributed by atoms with Crippen LogP contribution in [0, 0.1) is 19.6 Å². The number of hydrogen-bond acceptors (Lipinski definition) is 0. The number of halogens is 1. The molecular formula is C20H29FNSi+. The quantitative estimate of drug-likeness (QED) is 0.568. The van der Waals surface area contributed by atoms with E-state index in [2.05, 4.69) is 0 Å². The zero-order chi connectivity index (χ0) is 25.9. The Kier molecular flexibility index (Phi) is 2.31. The van der Waals surface area contributed by atoms with Crippen molar-refractivity contribution in [1.82, 2.24) is 0 Å². The molecule has 124 valence electrons. The van der Waals surface area contributed by atoms with Gasteiger partial charge in [-0.3, -0.25) is 0 Å². The van der Waals surface area contributed by atoms with E-state index in [1.54, 1.807) is 24.7 Å². The van der Waals surface area contributed by atoms with Crippen LogP contribution in [0.25, 0.3) is 11.3 Å². The first-order valence-corrected chi connectivity index (χ1v) is 10.9. The molecule has 1 nitrogen and oxygen atoms in total. The highest BCUT2D eigenvalue weighted by Gasteiger charge is 2.27. The Hall–Kier alpha value is -1.48. The Balaban J connectivity index is 3.06. The van der Waals surface area contributed by atoms with Crippen molar-refractivity contribution in [3.63, 3.8) is 0 Å². The fourth-order valence-corrected chi connectivity index (χ4v) is 4.26. The Morgan fingerprint density at radius 1 is 1.17 bits per heavy atom. The number of aryl methyl sites for hydroxylation is 3. The molecule has 0 saturated heterocycles. The number of nitrogens with zero attached hydrogens (tertiary/aromatic N) is 1. The summed E-state index contributed by atoms with van der Waals surface area (Å²) >= 11 is 0. The molecule has 0 spiro atoms. The standard InChI is InChI=1S/C20H29FNSi/c1-13(2)16-11-19(22(5)12-20(16)23(6,7)8)17-9-15(4)18(21)10-14(17)3/h9-13H,1-8H3/q+1/i1D3,2D3,4D3,13D. The molecule has 0 saturated carbocycles. The zero-order valence-electron chi connectivity index (χ0n) is 24.1. The molecule has 23 heavy (non-hydrogen) atoms. The number of pyridine rings is 1. The zero-order valence-corrected chi connectivity index (χ0v) is 15.1. The summed E-state index contributed by atoms with van der Waals surface area (Å²) in [5, 5.41) is 0.492. The molecule has 0 unspecified atom stereocenters. The molecule has 2 aromatic rings. The van der Waals surface area contributed by atoms with Crippen molar-refractivity contribution in [3.05, 3.63) is 46.9 Å². The summed E-state index contributed by atoms with van der Waals surface area (Å²) < 4.78 is 95.5. The largest absolute Gasteiger partial charge is 0.212 e. The first-order valence-electron chi connectivity index (χ1n) is 12.4. The average molecular weight is 341 g/mol.